The summed E-state index contributed by atoms with van der Waals surface area (Å²) in [6.45, 7) is -1.03. The molecule has 1 aromatic heterocycles. The second-order valence-electron chi connectivity index (χ2n) is 4.33. The molecule has 0 aliphatic rings. The number of Topliss-reactive ketones (excluding diaryl/α,β-unsaturated/α-hetero) is 1. The maximum absolute atomic E-state index is 11.9. The third-order valence-electron chi connectivity index (χ3n) is 2.67. The number of ether oxygens (including phenoxy) is 1. The molecule has 2 rings (SSSR count). The summed E-state index contributed by atoms with van der Waals surface area (Å²) in [6, 6.07) is 10.7. The molecule has 1 heterocycles. The summed E-state index contributed by atoms with van der Waals surface area (Å²) >= 11 is 6.78. The molecule has 23 heavy (non-hydrogen) atoms. The number of nitrogens with one attached hydrogen (secondary N) is 1. The monoisotopic (exact) mass is 373 g/mol. The lowest BCUT2D eigenvalue weighted by Gasteiger charge is -2.06. The minimum absolute atomic E-state index is 0.0390. The summed E-state index contributed by atoms with van der Waals surface area (Å²) in [5, 5.41) is 0. The molecular weight excluding hydrogens is 362 g/mol. The van der Waals surface area contributed by atoms with E-state index in [0.29, 0.717) is 9.21 Å². The SMILES string of the molecule is O=C(CNS(=O)(=O)c1ccccc1)OCC(=O)c1ccc(Cl)s1. The van der Waals surface area contributed by atoms with Gasteiger partial charge >= 0.3 is 5.97 Å². The average molecular weight is 374 g/mol. The average Bonchev–Trinajstić information content (AvgIpc) is 2.98. The smallest absolute Gasteiger partial charge is 0.321 e. The Kier molecular flexibility index (Phi) is 5.89. The number of benzene rings is 1. The zero-order valence-corrected chi connectivity index (χ0v) is 14.1. The minimum Gasteiger partial charge on any atom is -0.456 e. The van der Waals surface area contributed by atoms with Crippen molar-refractivity contribution in [3.8, 4) is 0 Å². The second kappa shape index (κ2) is 7.69. The van der Waals surface area contributed by atoms with Gasteiger partial charge in [0.1, 0.15) is 6.54 Å². The number of hydrogen-bond donors (Lipinski definition) is 1. The van der Waals surface area contributed by atoms with Crippen molar-refractivity contribution in [2.75, 3.05) is 13.2 Å². The van der Waals surface area contributed by atoms with Crippen molar-refractivity contribution in [2.24, 2.45) is 0 Å². The van der Waals surface area contributed by atoms with Gasteiger partial charge < -0.3 is 4.74 Å². The van der Waals surface area contributed by atoms with Crippen LogP contribution in [-0.2, 0) is 19.6 Å². The van der Waals surface area contributed by atoms with E-state index in [-0.39, 0.29) is 4.90 Å². The van der Waals surface area contributed by atoms with Crippen molar-refractivity contribution in [1.82, 2.24) is 4.72 Å². The van der Waals surface area contributed by atoms with Gasteiger partial charge in [0, 0.05) is 0 Å². The lowest BCUT2D eigenvalue weighted by molar-refractivity contribution is -0.141. The van der Waals surface area contributed by atoms with E-state index in [1.165, 1.54) is 18.2 Å². The van der Waals surface area contributed by atoms with Crippen molar-refractivity contribution >= 4 is 44.7 Å². The molecule has 0 atom stereocenters. The minimum atomic E-state index is -3.79. The van der Waals surface area contributed by atoms with Crippen LogP contribution in [0, 0.1) is 0 Å². The largest absolute Gasteiger partial charge is 0.456 e. The van der Waals surface area contributed by atoms with E-state index >= 15 is 0 Å². The van der Waals surface area contributed by atoms with Gasteiger partial charge in [-0.1, -0.05) is 29.8 Å². The Morgan fingerprint density at radius 2 is 1.83 bits per heavy atom. The highest BCUT2D eigenvalue weighted by atomic mass is 35.5. The number of rotatable bonds is 7. The summed E-state index contributed by atoms with van der Waals surface area (Å²) < 4.78 is 31.1. The van der Waals surface area contributed by atoms with E-state index in [0.717, 1.165) is 11.3 Å². The topological polar surface area (TPSA) is 89.5 Å². The van der Waals surface area contributed by atoms with Crippen LogP contribution in [0.1, 0.15) is 9.67 Å². The van der Waals surface area contributed by atoms with E-state index < -0.39 is 34.9 Å². The molecule has 6 nitrogen and oxygen atoms in total. The third kappa shape index (κ3) is 5.14. The Labute approximate surface area is 142 Å². The number of sulfonamides is 1. The van der Waals surface area contributed by atoms with Gasteiger partial charge in [0.15, 0.2) is 6.61 Å². The fraction of sp³-hybridized carbons (Fsp3) is 0.143. The Bertz CT molecular complexity index is 802. The fourth-order valence-electron chi connectivity index (χ4n) is 1.57. The lowest BCUT2D eigenvalue weighted by Crippen LogP contribution is -2.31. The summed E-state index contributed by atoms with van der Waals surface area (Å²) in [5.41, 5.74) is 0. The molecule has 122 valence electrons. The number of halogens is 1. The van der Waals surface area contributed by atoms with Crippen molar-refractivity contribution in [3.63, 3.8) is 0 Å². The molecule has 0 unspecified atom stereocenters. The van der Waals surface area contributed by atoms with Crippen molar-refractivity contribution in [2.45, 2.75) is 4.90 Å². The van der Waals surface area contributed by atoms with Crippen LogP contribution in [0.2, 0.25) is 4.34 Å². The van der Waals surface area contributed by atoms with Gasteiger partial charge in [-0.25, -0.2) is 8.42 Å². The Morgan fingerprint density at radius 1 is 1.13 bits per heavy atom. The first kappa shape index (κ1) is 17.6. The van der Waals surface area contributed by atoms with Crippen LogP contribution in [-0.4, -0.2) is 33.3 Å². The van der Waals surface area contributed by atoms with Gasteiger partial charge in [0.05, 0.1) is 14.1 Å². The highest BCUT2D eigenvalue weighted by Gasteiger charge is 2.17. The van der Waals surface area contributed by atoms with E-state index in [9.17, 15) is 18.0 Å². The molecule has 0 aliphatic heterocycles. The molecule has 0 saturated carbocycles. The van der Waals surface area contributed by atoms with Crippen LogP contribution < -0.4 is 4.72 Å². The number of ketones is 1. The molecule has 9 heteroatoms. The zero-order valence-electron chi connectivity index (χ0n) is 11.7. The van der Waals surface area contributed by atoms with E-state index in [4.69, 9.17) is 16.3 Å². The number of carbonyl (C=O) groups is 2. The van der Waals surface area contributed by atoms with Crippen LogP contribution in [0.25, 0.3) is 0 Å². The standard InChI is InChI=1S/C14H12ClNO5S2/c15-13-7-6-12(22-13)11(17)9-21-14(18)8-16-23(19,20)10-4-2-1-3-5-10/h1-7,16H,8-9H2. The molecular formula is C14H12ClNO5S2. The molecule has 0 radical (unpaired) electrons. The summed E-state index contributed by atoms with van der Waals surface area (Å²) in [4.78, 5) is 23.7. The molecule has 0 saturated heterocycles. The molecule has 0 aliphatic carbocycles. The Balaban J connectivity index is 1.82. The van der Waals surface area contributed by atoms with Crippen molar-refractivity contribution in [1.29, 1.82) is 0 Å². The van der Waals surface area contributed by atoms with Crippen molar-refractivity contribution in [3.05, 3.63) is 51.7 Å². The second-order valence-corrected chi connectivity index (χ2v) is 7.81. The number of thiophene rings is 1. The third-order valence-corrected chi connectivity index (χ3v) is 5.36. The van der Waals surface area contributed by atoms with E-state index in [1.807, 2.05) is 0 Å². The normalized spacial score (nSPS) is 11.2. The first-order valence-corrected chi connectivity index (χ1v) is 9.05. The van der Waals surface area contributed by atoms with Gasteiger partial charge in [-0.15, -0.1) is 11.3 Å². The van der Waals surface area contributed by atoms with Crippen LogP contribution in [0.5, 0.6) is 0 Å². The van der Waals surface area contributed by atoms with Gasteiger partial charge in [0.25, 0.3) is 0 Å². The van der Waals surface area contributed by atoms with Gasteiger partial charge in [-0.05, 0) is 24.3 Å². The number of carbonyl (C=O) groups excluding carboxylic acids is 2. The molecule has 1 aromatic carbocycles. The Morgan fingerprint density at radius 3 is 2.43 bits per heavy atom. The van der Waals surface area contributed by atoms with Gasteiger partial charge in [-0.2, -0.15) is 4.72 Å². The Hall–Kier alpha value is -1.74. The maximum Gasteiger partial charge on any atom is 0.321 e. The zero-order chi connectivity index (χ0) is 16.9. The fourth-order valence-corrected chi connectivity index (χ4v) is 3.53. The summed E-state index contributed by atoms with van der Waals surface area (Å²) in [7, 11) is -3.79. The molecule has 2 aromatic rings. The maximum atomic E-state index is 11.9. The molecule has 0 spiro atoms. The summed E-state index contributed by atoms with van der Waals surface area (Å²) in [6.07, 6.45) is 0. The first-order chi connectivity index (χ1) is 10.9. The van der Waals surface area contributed by atoms with Crippen LogP contribution in [0.4, 0.5) is 0 Å². The van der Waals surface area contributed by atoms with E-state index in [2.05, 4.69) is 4.72 Å². The summed E-state index contributed by atoms with van der Waals surface area (Å²) in [5.74, 6) is -1.25. The van der Waals surface area contributed by atoms with Gasteiger partial charge in [0.2, 0.25) is 15.8 Å². The predicted molar refractivity (Wildman–Crippen MR) is 86.2 cm³/mol. The predicted octanol–water partition coefficient (Wildman–Crippen LogP) is 2.11. The van der Waals surface area contributed by atoms with Crippen LogP contribution >= 0.6 is 22.9 Å². The molecule has 0 fully saturated rings. The quantitative estimate of drug-likeness (QED) is 0.593. The van der Waals surface area contributed by atoms with Crippen molar-refractivity contribution < 1.29 is 22.7 Å². The first-order valence-electron chi connectivity index (χ1n) is 6.37. The number of esters is 1. The van der Waals surface area contributed by atoms with Crippen LogP contribution in [0.15, 0.2) is 47.4 Å². The van der Waals surface area contributed by atoms with E-state index in [1.54, 1.807) is 24.3 Å². The molecule has 1 N–H and O–H groups in total. The van der Waals surface area contributed by atoms with Crippen LogP contribution in [0.3, 0.4) is 0 Å². The highest BCUT2D eigenvalue weighted by Crippen LogP contribution is 2.21. The molecule has 0 bridgehead atoms. The highest BCUT2D eigenvalue weighted by molar-refractivity contribution is 7.89. The number of hydrogen-bond acceptors (Lipinski definition) is 6. The molecule has 0 amide bonds. The lowest BCUT2D eigenvalue weighted by atomic mass is 10.3. The van der Waals surface area contributed by atoms with Gasteiger partial charge in [-0.3, -0.25) is 9.59 Å².